The standard InChI is InChI=1S/C13H20O/c1-13(2)9-5-8-3-4-10(14)7-11(8)12(13)6-9/h7-10,12,14H,3-6H2,1-2H3. The van der Waals surface area contributed by atoms with Crippen LogP contribution < -0.4 is 0 Å². The highest BCUT2D eigenvalue weighted by Gasteiger charge is 2.55. The number of hydrogen-bond acceptors (Lipinski definition) is 1. The van der Waals surface area contributed by atoms with E-state index in [0.29, 0.717) is 5.41 Å². The van der Waals surface area contributed by atoms with Crippen molar-refractivity contribution in [2.24, 2.45) is 23.2 Å². The van der Waals surface area contributed by atoms with Crippen molar-refractivity contribution < 1.29 is 5.11 Å². The Morgan fingerprint density at radius 2 is 2.07 bits per heavy atom. The summed E-state index contributed by atoms with van der Waals surface area (Å²) in [5.74, 6) is 2.58. The average molecular weight is 192 g/mol. The van der Waals surface area contributed by atoms with Crippen LogP contribution in [0.25, 0.3) is 0 Å². The zero-order chi connectivity index (χ0) is 9.92. The molecule has 0 radical (unpaired) electrons. The highest BCUT2D eigenvalue weighted by molar-refractivity contribution is 5.27. The molecule has 1 N–H and O–H groups in total. The molecule has 3 fully saturated rings. The summed E-state index contributed by atoms with van der Waals surface area (Å²) in [5, 5.41) is 9.68. The Kier molecular flexibility index (Phi) is 1.69. The second kappa shape index (κ2) is 2.63. The lowest BCUT2D eigenvalue weighted by molar-refractivity contribution is -0.0541. The van der Waals surface area contributed by atoms with Crippen LogP contribution in [0.5, 0.6) is 0 Å². The Morgan fingerprint density at radius 3 is 2.79 bits per heavy atom. The monoisotopic (exact) mass is 192 g/mol. The molecular formula is C13H20O. The number of aliphatic hydroxyl groups excluding tert-OH is 1. The van der Waals surface area contributed by atoms with E-state index in [0.717, 1.165) is 24.2 Å². The predicted molar refractivity (Wildman–Crippen MR) is 56.8 cm³/mol. The van der Waals surface area contributed by atoms with Crippen molar-refractivity contribution >= 4 is 0 Å². The lowest BCUT2D eigenvalue weighted by Crippen LogP contribution is -2.52. The molecule has 0 saturated heterocycles. The van der Waals surface area contributed by atoms with Gasteiger partial charge < -0.3 is 5.11 Å². The molecule has 78 valence electrons. The van der Waals surface area contributed by atoms with Gasteiger partial charge in [0.1, 0.15) is 0 Å². The third-order valence-corrected chi connectivity index (χ3v) is 5.11. The van der Waals surface area contributed by atoms with E-state index in [1.54, 1.807) is 5.57 Å². The third-order valence-electron chi connectivity index (χ3n) is 5.11. The number of hydrogen-bond donors (Lipinski definition) is 1. The van der Waals surface area contributed by atoms with Crippen LogP contribution in [0, 0.1) is 23.2 Å². The van der Waals surface area contributed by atoms with Gasteiger partial charge in [-0.2, -0.15) is 0 Å². The van der Waals surface area contributed by atoms with Crippen LogP contribution >= 0.6 is 0 Å². The fraction of sp³-hybridized carbons (Fsp3) is 0.846. The first-order chi connectivity index (χ1) is 6.59. The van der Waals surface area contributed by atoms with Crippen LogP contribution in [0.2, 0.25) is 0 Å². The maximum Gasteiger partial charge on any atom is 0.0723 e. The Labute approximate surface area is 86.2 Å². The molecule has 4 aliphatic rings. The van der Waals surface area contributed by atoms with Gasteiger partial charge in [0.25, 0.3) is 0 Å². The summed E-state index contributed by atoms with van der Waals surface area (Å²) in [6.07, 6.45) is 7.04. The van der Waals surface area contributed by atoms with Crippen molar-refractivity contribution in [1.82, 2.24) is 0 Å². The fourth-order valence-corrected chi connectivity index (χ4v) is 3.96. The maximum absolute atomic E-state index is 9.68. The molecule has 0 aromatic carbocycles. The molecule has 0 heterocycles. The second-order valence-electron chi connectivity index (χ2n) is 6.05. The van der Waals surface area contributed by atoms with Crippen LogP contribution in [0.4, 0.5) is 0 Å². The molecule has 0 aromatic rings. The molecule has 0 spiro atoms. The van der Waals surface area contributed by atoms with Gasteiger partial charge in [-0.15, -0.1) is 0 Å². The van der Waals surface area contributed by atoms with Crippen molar-refractivity contribution in [1.29, 1.82) is 0 Å². The Hall–Kier alpha value is -0.300. The molecule has 2 bridgehead atoms. The van der Waals surface area contributed by atoms with Crippen molar-refractivity contribution in [2.75, 3.05) is 0 Å². The maximum atomic E-state index is 9.68. The van der Waals surface area contributed by atoms with Crippen molar-refractivity contribution in [3.63, 3.8) is 0 Å². The molecule has 4 atom stereocenters. The average Bonchev–Trinajstić information content (AvgIpc) is 2.16. The molecule has 4 unspecified atom stereocenters. The highest BCUT2D eigenvalue weighted by Crippen LogP contribution is 2.64. The number of rotatable bonds is 0. The minimum absolute atomic E-state index is 0.144. The van der Waals surface area contributed by atoms with E-state index in [9.17, 15) is 5.11 Å². The summed E-state index contributed by atoms with van der Waals surface area (Å²) in [7, 11) is 0. The summed E-state index contributed by atoms with van der Waals surface area (Å²) in [4.78, 5) is 0. The molecule has 0 aliphatic heterocycles. The number of allylic oxidation sites excluding steroid dienone is 1. The second-order valence-corrected chi connectivity index (χ2v) is 6.05. The smallest absolute Gasteiger partial charge is 0.0723 e. The SMILES string of the molecule is CC1(C)C2CC3CCC(O)C=C3C1C2. The van der Waals surface area contributed by atoms with Gasteiger partial charge in [0.05, 0.1) is 6.10 Å². The normalized spacial score (nSPS) is 48.9. The van der Waals surface area contributed by atoms with Crippen molar-refractivity contribution in [3.05, 3.63) is 11.6 Å². The molecule has 1 nitrogen and oxygen atoms in total. The minimum Gasteiger partial charge on any atom is -0.389 e. The van der Waals surface area contributed by atoms with E-state index >= 15 is 0 Å². The first-order valence-corrected chi connectivity index (χ1v) is 5.98. The molecule has 0 aromatic heterocycles. The minimum atomic E-state index is -0.144. The van der Waals surface area contributed by atoms with E-state index in [4.69, 9.17) is 0 Å². The fourth-order valence-electron chi connectivity index (χ4n) is 3.96. The first-order valence-electron chi connectivity index (χ1n) is 5.98. The van der Waals surface area contributed by atoms with E-state index in [-0.39, 0.29) is 6.10 Å². The molecule has 4 aliphatic carbocycles. The van der Waals surface area contributed by atoms with Gasteiger partial charge >= 0.3 is 0 Å². The van der Waals surface area contributed by atoms with Crippen LogP contribution in [0.15, 0.2) is 11.6 Å². The van der Waals surface area contributed by atoms with Gasteiger partial charge in [-0.25, -0.2) is 0 Å². The molecule has 3 saturated carbocycles. The van der Waals surface area contributed by atoms with Gasteiger partial charge in [-0.1, -0.05) is 25.5 Å². The molecular weight excluding hydrogens is 172 g/mol. The van der Waals surface area contributed by atoms with Crippen LogP contribution in [-0.2, 0) is 0 Å². The van der Waals surface area contributed by atoms with E-state index < -0.39 is 0 Å². The van der Waals surface area contributed by atoms with Gasteiger partial charge in [0.15, 0.2) is 0 Å². The Bertz CT molecular complexity index is 290. The van der Waals surface area contributed by atoms with Crippen molar-refractivity contribution in [3.8, 4) is 0 Å². The molecule has 0 amide bonds. The largest absolute Gasteiger partial charge is 0.389 e. The topological polar surface area (TPSA) is 20.2 Å². The summed E-state index contributed by atoms with van der Waals surface area (Å²) < 4.78 is 0. The van der Waals surface area contributed by atoms with Gasteiger partial charge in [-0.3, -0.25) is 0 Å². The third kappa shape index (κ3) is 0.995. The predicted octanol–water partition coefficient (Wildman–Crippen LogP) is 2.75. The van der Waals surface area contributed by atoms with Crippen LogP contribution in [-0.4, -0.2) is 11.2 Å². The zero-order valence-electron chi connectivity index (χ0n) is 9.16. The lowest BCUT2D eigenvalue weighted by atomic mass is 9.44. The Balaban J connectivity index is 1.94. The summed E-state index contributed by atoms with van der Waals surface area (Å²) in [5.41, 5.74) is 2.13. The van der Waals surface area contributed by atoms with Gasteiger partial charge in [-0.05, 0) is 48.9 Å². The molecule has 14 heavy (non-hydrogen) atoms. The quantitative estimate of drug-likeness (QED) is 0.585. The van der Waals surface area contributed by atoms with E-state index in [1.807, 2.05) is 0 Å². The Morgan fingerprint density at radius 1 is 1.29 bits per heavy atom. The molecule has 4 rings (SSSR count). The first kappa shape index (κ1) is 8.96. The zero-order valence-corrected chi connectivity index (χ0v) is 9.16. The lowest BCUT2D eigenvalue weighted by Gasteiger charge is -2.61. The highest BCUT2D eigenvalue weighted by atomic mass is 16.3. The van der Waals surface area contributed by atoms with Gasteiger partial charge in [0, 0.05) is 0 Å². The van der Waals surface area contributed by atoms with E-state index in [2.05, 4.69) is 19.9 Å². The van der Waals surface area contributed by atoms with Crippen LogP contribution in [0.3, 0.4) is 0 Å². The van der Waals surface area contributed by atoms with E-state index in [1.165, 1.54) is 19.3 Å². The summed E-state index contributed by atoms with van der Waals surface area (Å²) in [6.45, 7) is 4.81. The van der Waals surface area contributed by atoms with Crippen LogP contribution in [0.1, 0.15) is 39.5 Å². The van der Waals surface area contributed by atoms with Gasteiger partial charge in [0.2, 0.25) is 0 Å². The van der Waals surface area contributed by atoms with Crippen molar-refractivity contribution in [2.45, 2.75) is 45.6 Å². The summed E-state index contributed by atoms with van der Waals surface area (Å²) >= 11 is 0. The number of aliphatic hydroxyl groups is 1. The molecule has 1 heteroatoms. The summed E-state index contributed by atoms with van der Waals surface area (Å²) in [6, 6.07) is 0.